The van der Waals surface area contributed by atoms with Crippen LogP contribution in [0, 0.1) is 11.8 Å². The molecular weight excluding hydrogens is 148 g/mol. The quantitative estimate of drug-likeness (QED) is 0.346. The van der Waals surface area contributed by atoms with E-state index in [1.165, 1.54) is 0 Å². The largest absolute Gasteiger partial charge is 0.368 e. The van der Waals surface area contributed by atoms with Crippen LogP contribution in [0.3, 0.4) is 0 Å². The van der Waals surface area contributed by atoms with Crippen molar-refractivity contribution in [3.05, 3.63) is 12.2 Å². The Hall–Kier alpha value is -0.450. The molecule has 0 unspecified atom stereocenters. The van der Waals surface area contributed by atoms with E-state index in [9.17, 15) is 0 Å². The van der Waals surface area contributed by atoms with Gasteiger partial charge in [-0.3, -0.25) is 0 Å². The van der Waals surface area contributed by atoms with Crippen LogP contribution in [0.1, 0.15) is 6.92 Å². The van der Waals surface area contributed by atoms with Gasteiger partial charge in [0.2, 0.25) is 0 Å². The lowest BCUT2D eigenvalue weighted by Gasteiger charge is -1.91. The van der Waals surface area contributed by atoms with Crippen LogP contribution < -0.4 is 0 Å². The average molecular weight is 159 g/mol. The minimum Gasteiger partial charge on any atom is -0.368 e. The predicted molar refractivity (Wildman–Crippen MR) is 44.1 cm³/mol. The van der Waals surface area contributed by atoms with Crippen molar-refractivity contribution in [3.63, 3.8) is 0 Å². The van der Waals surface area contributed by atoms with Crippen LogP contribution in [0.2, 0.25) is 0 Å². The summed E-state index contributed by atoms with van der Waals surface area (Å²) in [6.07, 6.45) is 0. The second kappa shape index (κ2) is 6.67. The molecule has 10 heavy (non-hydrogen) atoms. The van der Waals surface area contributed by atoms with Gasteiger partial charge in [0.25, 0.3) is 0 Å². The Morgan fingerprint density at radius 3 is 2.90 bits per heavy atom. The van der Waals surface area contributed by atoms with E-state index in [2.05, 4.69) is 18.4 Å². The predicted octanol–water partition coefficient (Wildman–Crippen LogP) is 1.82. The van der Waals surface area contributed by atoms with Gasteiger partial charge in [-0.2, -0.15) is 0 Å². The molecule has 0 N–H and O–H groups in total. The Morgan fingerprint density at radius 2 is 2.40 bits per heavy atom. The summed E-state index contributed by atoms with van der Waals surface area (Å²) in [4.78, 5) is 0. The number of rotatable bonds is 3. The zero-order valence-electron chi connectivity index (χ0n) is 6.11. The van der Waals surface area contributed by atoms with Gasteiger partial charge in [-0.05, 0) is 12.5 Å². The maximum absolute atomic E-state index is 5.35. The standard InChI is InChI=1S/C8H11ClO/c1-8(2)4-3-6-10-7-5-9/h1,5-7H2,2H3. The highest BCUT2D eigenvalue weighted by atomic mass is 35.5. The molecule has 0 spiro atoms. The van der Waals surface area contributed by atoms with E-state index < -0.39 is 0 Å². The highest BCUT2D eigenvalue weighted by Crippen LogP contribution is 1.81. The molecule has 0 rings (SSSR count). The maximum Gasteiger partial charge on any atom is 0.108 e. The Bertz CT molecular complexity index is 152. The monoisotopic (exact) mass is 158 g/mol. The highest BCUT2D eigenvalue weighted by molar-refractivity contribution is 6.17. The van der Waals surface area contributed by atoms with Gasteiger partial charge in [0, 0.05) is 5.88 Å². The van der Waals surface area contributed by atoms with Crippen molar-refractivity contribution in [2.75, 3.05) is 19.1 Å². The van der Waals surface area contributed by atoms with E-state index in [1.54, 1.807) is 0 Å². The SMILES string of the molecule is C=C(C)C#CCOCCCl. The molecule has 0 atom stereocenters. The summed E-state index contributed by atoms with van der Waals surface area (Å²) in [7, 11) is 0. The highest BCUT2D eigenvalue weighted by Gasteiger charge is 1.78. The van der Waals surface area contributed by atoms with E-state index in [1.807, 2.05) is 6.92 Å². The van der Waals surface area contributed by atoms with Crippen LogP contribution in [-0.2, 0) is 4.74 Å². The molecule has 2 heteroatoms. The molecule has 0 radical (unpaired) electrons. The van der Waals surface area contributed by atoms with Crippen molar-refractivity contribution in [2.24, 2.45) is 0 Å². The van der Waals surface area contributed by atoms with Crippen LogP contribution in [-0.4, -0.2) is 19.1 Å². The second-order valence-corrected chi connectivity index (χ2v) is 2.20. The van der Waals surface area contributed by atoms with E-state index in [0.717, 1.165) is 5.57 Å². The van der Waals surface area contributed by atoms with Crippen LogP contribution in [0.5, 0.6) is 0 Å². The molecule has 0 bridgehead atoms. The molecule has 0 saturated carbocycles. The number of halogens is 1. The van der Waals surface area contributed by atoms with Gasteiger partial charge in [0.1, 0.15) is 6.61 Å². The lowest BCUT2D eigenvalue weighted by molar-refractivity contribution is 0.184. The summed E-state index contributed by atoms with van der Waals surface area (Å²) in [6, 6.07) is 0. The molecular formula is C8H11ClO. The van der Waals surface area contributed by atoms with Crippen LogP contribution >= 0.6 is 11.6 Å². The first-order chi connectivity index (χ1) is 4.77. The van der Waals surface area contributed by atoms with Gasteiger partial charge >= 0.3 is 0 Å². The fraction of sp³-hybridized carbons (Fsp3) is 0.500. The summed E-state index contributed by atoms with van der Waals surface area (Å²) in [5, 5.41) is 0. The molecule has 0 aliphatic heterocycles. The third-order valence-electron chi connectivity index (χ3n) is 0.697. The lowest BCUT2D eigenvalue weighted by Crippen LogP contribution is -1.94. The minimum atomic E-state index is 0.444. The second-order valence-electron chi connectivity index (χ2n) is 1.82. The molecule has 0 aliphatic carbocycles. The Labute approximate surface area is 67.0 Å². The number of allylic oxidation sites excluding steroid dienone is 1. The van der Waals surface area contributed by atoms with Gasteiger partial charge in [-0.1, -0.05) is 18.4 Å². The molecule has 0 aromatic rings. The average Bonchev–Trinajstić information content (AvgIpc) is 1.87. The molecule has 0 aliphatic rings. The van der Waals surface area contributed by atoms with E-state index >= 15 is 0 Å². The summed E-state index contributed by atoms with van der Waals surface area (Å²) in [6.45, 7) is 6.48. The first-order valence-corrected chi connectivity index (χ1v) is 3.59. The molecule has 1 nitrogen and oxygen atoms in total. The number of hydrogen-bond acceptors (Lipinski definition) is 1. The zero-order valence-corrected chi connectivity index (χ0v) is 6.87. The molecule has 0 saturated heterocycles. The van der Waals surface area contributed by atoms with Crippen LogP contribution in [0.4, 0.5) is 0 Å². The minimum absolute atomic E-state index is 0.444. The first-order valence-electron chi connectivity index (χ1n) is 3.05. The number of alkyl halides is 1. The molecule has 0 amide bonds. The topological polar surface area (TPSA) is 9.23 Å². The summed E-state index contributed by atoms with van der Waals surface area (Å²) >= 11 is 5.35. The van der Waals surface area contributed by atoms with Gasteiger partial charge in [0.05, 0.1) is 6.61 Å². The van der Waals surface area contributed by atoms with Crippen molar-refractivity contribution >= 4 is 11.6 Å². The summed E-state index contributed by atoms with van der Waals surface area (Å²) in [5.41, 5.74) is 0.856. The zero-order chi connectivity index (χ0) is 7.82. The molecule has 0 fully saturated rings. The van der Waals surface area contributed by atoms with Crippen LogP contribution in [0.25, 0.3) is 0 Å². The van der Waals surface area contributed by atoms with Gasteiger partial charge in [0.15, 0.2) is 0 Å². The third-order valence-corrected chi connectivity index (χ3v) is 0.852. The normalized spacial score (nSPS) is 8.20. The number of hydrogen-bond donors (Lipinski definition) is 0. The first kappa shape index (κ1) is 9.55. The van der Waals surface area contributed by atoms with Gasteiger partial charge in [-0.15, -0.1) is 11.6 Å². The van der Waals surface area contributed by atoms with E-state index in [4.69, 9.17) is 16.3 Å². The van der Waals surface area contributed by atoms with Crippen LogP contribution in [0.15, 0.2) is 12.2 Å². The third kappa shape index (κ3) is 7.55. The Balaban J connectivity index is 3.20. The Morgan fingerprint density at radius 1 is 1.70 bits per heavy atom. The van der Waals surface area contributed by atoms with Gasteiger partial charge in [-0.25, -0.2) is 0 Å². The molecule has 0 heterocycles. The van der Waals surface area contributed by atoms with E-state index in [-0.39, 0.29) is 0 Å². The summed E-state index contributed by atoms with van der Waals surface area (Å²) in [5.74, 6) is 6.10. The molecule has 56 valence electrons. The fourth-order valence-electron chi connectivity index (χ4n) is 0.365. The number of ether oxygens (including phenoxy) is 1. The van der Waals surface area contributed by atoms with E-state index in [0.29, 0.717) is 19.1 Å². The molecule has 0 aromatic heterocycles. The molecule has 0 aromatic carbocycles. The fourth-order valence-corrected chi connectivity index (χ4v) is 0.474. The van der Waals surface area contributed by atoms with Crippen molar-refractivity contribution < 1.29 is 4.74 Å². The van der Waals surface area contributed by atoms with Crippen molar-refractivity contribution in [1.82, 2.24) is 0 Å². The van der Waals surface area contributed by atoms with Gasteiger partial charge < -0.3 is 4.74 Å². The van der Waals surface area contributed by atoms with Crippen molar-refractivity contribution in [2.45, 2.75) is 6.92 Å². The lowest BCUT2D eigenvalue weighted by atomic mass is 10.4. The van der Waals surface area contributed by atoms with Crippen molar-refractivity contribution in [3.8, 4) is 11.8 Å². The van der Waals surface area contributed by atoms with Crippen molar-refractivity contribution in [1.29, 1.82) is 0 Å². The Kier molecular flexibility index (Phi) is 6.37. The maximum atomic E-state index is 5.35. The summed E-state index contributed by atoms with van der Waals surface area (Å²) < 4.78 is 4.99. The smallest absolute Gasteiger partial charge is 0.108 e.